The third kappa shape index (κ3) is 3.74. The fourth-order valence-electron chi connectivity index (χ4n) is 2.39. The van der Waals surface area contributed by atoms with Crippen LogP contribution in [0.25, 0.3) is 0 Å². The van der Waals surface area contributed by atoms with E-state index in [0.717, 1.165) is 33.3 Å². The van der Waals surface area contributed by atoms with Gasteiger partial charge in [0.15, 0.2) is 0 Å². The van der Waals surface area contributed by atoms with Crippen molar-refractivity contribution in [3.63, 3.8) is 0 Å². The first-order valence-electron chi connectivity index (χ1n) is 7.70. The highest BCUT2D eigenvalue weighted by Gasteiger charge is 2.09. The molecule has 0 saturated heterocycles. The average molecular weight is 383 g/mol. The Kier molecular flexibility index (Phi) is 4.81. The van der Waals surface area contributed by atoms with Gasteiger partial charge in [0.1, 0.15) is 17.5 Å². The quantitative estimate of drug-likeness (QED) is 0.658. The van der Waals surface area contributed by atoms with Crippen molar-refractivity contribution >= 4 is 38.9 Å². The number of rotatable bonds is 4. The molecule has 0 aliphatic rings. The van der Waals surface area contributed by atoms with Crippen molar-refractivity contribution in [3.8, 4) is 0 Å². The van der Waals surface area contributed by atoms with Gasteiger partial charge in [-0.15, -0.1) is 0 Å². The second-order valence-corrected chi connectivity index (χ2v) is 6.50. The van der Waals surface area contributed by atoms with Crippen LogP contribution in [0.5, 0.6) is 0 Å². The molecule has 0 radical (unpaired) electrons. The van der Waals surface area contributed by atoms with E-state index >= 15 is 0 Å². The van der Waals surface area contributed by atoms with E-state index in [-0.39, 0.29) is 0 Å². The van der Waals surface area contributed by atoms with Crippen LogP contribution < -0.4 is 10.2 Å². The van der Waals surface area contributed by atoms with Crippen LogP contribution in [0.15, 0.2) is 59.1 Å². The van der Waals surface area contributed by atoms with E-state index in [1.54, 1.807) is 0 Å². The Hall–Kier alpha value is -2.40. The third-order valence-corrected chi connectivity index (χ3v) is 4.61. The molecule has 1 heterocycles. The van der Waals surface area contributed by atoms with Crippen molar-refractivity contribution in [2.75, 3.05) is 17.3 Å². The lowest BCUT2D eigenvalue weighted by Gasteiger charge is -2.19. The smallest absolute Gasteiger partial charge is 0.138 e. The minimum atomic E-state index is 0.726. The average Bonchev–Trinajstić information content (AvgIpc) is 2.58. The molecule has 4 nitrogen and oxygen atoms in total. The molecule has 0 aliphatic carbocycles. The number of anilines is 4. The van der Waals surface area contributed by atoms with Crippen LogP contribution in [0.1, 0.15) is 11.4 Å². The van der Waals surface area contributed by atoms with Crippen molar-refractivity contribution < 1.29 is 0 Å². The van der Waals surface area contributed by atoms with Crippen molar-refractivity contribution in [3.05, 3.63) is 70.5 Å². The van der Waals surface area contributed by atoms with E-state index < -0.39 is 0 Å². The Labute approximate surface area is 150 Å². The summed E-state index contributed by atoms with van der Waals surface area (Å²) < 4.78 is 1.07. The lowest BCUT2D eigenvalue weighted by molar-refractivity contribution is 1.02. The number of hydrogen-bond donors (Lipinski definition) is 1. The summed E-state index contributed by atoms with van der Waals surface area (Å²) in [6.45, 7) is 3.97. The van der Waals surface area contributed by atoms with E-state index in [9.17, 15) is 0 Å². The lowest BCUT2D eigenvalue weighted by atomic mass is 10.2. The summed E-state index contributed by atoms with van der Waals surface area (Å²) >= 11 is 3.56. The summed E-state index contributed by atoms with van der Waals surface area (Å²) in [7, 11) is 2.00. The molecule has 0 amide bonds. The van der Waals surface area contributed by atoms with Crippen LogP contribution in [0, 0.1) is 13.8 Å². The Morgan fingerprint density at radius 2 is 1.71 bits per heavy atom. The highest BCUT2D eigenvalue weighted by atomic mass is 79.9. The van der Waals surface area contributed by atoms with Crippen molar-refractivity contribution in [2.24, 2.45) is 0 Å². The molecular weight excluding hydrogens is 364 g/mol. The molecule has 0 saturated carbocycles. The maximum atomic E-state index is 4.55. The van der Waals surface area contributed by atoms with Gasteiger partial charge in [-0.25, -0.2) is 9.97 Å². The number of para-hydroxylation sites is 1. The SMILES string of the molecule is Cc1nc(Nc2ccc(C)c(Br)c2)cc(N(C)c2ccccc2)n1. The van der Waals surface area contributed by atoms with Crippen LogP contribution in [0.2, 0.25) is 0 Å². The van der Waals surface area contributed by atoms with Crippen LogP contribution in [-0.4, -0.2) is 17.0 Å². The van der Waals surface area contributed by atoms with Crippen molar-refractivity contribution in [2.45, 2.75) is 13.8 Å². The lowest BCUT2D eigenvalue weighted by Crippen LogP contribution is -2.12. The predicted octanol–water partition coefficient (Wildman–Crippen LogP) is 5.37. The van der Waals surface area contributed by atoms with Crippen LogP contribution in [0.3, 0.4) is 0 Å². The minimum absolute atomic E-state index is 0.726. The fraction of sp³-hybridized carbons (Fsp3) is 0.158. The number of aromatic nitrogens is 2. The van der Waals surface area contributed by atoms with Gasteiger partial charge in [-0.1, -0.05) is 40.2 Å². The Bertz CT molecular complexity index is 849. The van der Waals surface area contributed by atoms with Gasteiger partial charge in [0.2, 0.25) is 0 Å². The molecule has 1 N–H and O–H groups in total. The molecule has 122 valence electrons. The highest BCUT2D eigenvalue weighted by Crippen LogP contribution is 2.26. The summed E-state index contributed by atoms with van der Waals surface area (Å²) in [5.41, 5.74) is 3.27. The first-order chi connectivity index (χ1) is 11.5. The van der Waals surface area contributed by atoms with E-state index in [2.05, 4.69) is 56.3 Å². The molecule has 1 aromatic heterocycles. The van der Waals surface area contributed by atoms with E-state index in [0.29, 0.717) is 0 Å². The molecule has 0 aliphatic heterocycles. The molecule has 0 bridgehead atoms. The molecule has 0 spiro atoms. The Morgan fingerprint density at radius 3 is 2.42 bits per heavy atom. The number of nitrogens with zero attached hydrogens (tertiary/aromatic N) is 3. The first kappa shape index (κ1) is 16.5. The molecule has 24 heavy (non-hydrogen) atoms. The third-order valence-electron chi connectivity index (χ3n) is 3.76. The number of hydrogen-bond acceptors (Lipinski definition) is 4. The largest absolute Gasteiger partial charge is 0.340 e. The normalized spacial score (nSPS) is 10.5. The van der Waals surface area contributed by atoms with Gasteiger partial charge in [-0.05, 0) is 43.7 Å². The fourth-order valence-corrected chi connectivity index (χ4v) is 2.77. The molecule has 0 atom stereocenters. The van der Waals surface area contributed by atoms with Gasteiger partial charge in [-0.2, -0.15) is 0 Å². The zero-order chi connectivity index (χ0) is 17.1. The van der Waals surface area contributed by atoms with Crippen molar-refractivity contribution in [1.82, 2.24) is 9.97 Å². The number of benzene rings is 2. The molecule has 3 rings (SSSR count). The molecular formula is C19H19BrN4. The van der Waals surface area contributed by atoms with Crippen LogP contribution >= 0.6 is 15.9 Å². The van der Waals surface area contributed by atoms with Gasteiger partial charge in [0.25, 0.3) is 0 Å². The Morgan fingerprint density at radius 1 is 0.958 bits per heavy atom. The van der Waals surface area contributed by atoms with Gasteiger partial charge in [0, 0.05) is 29.0 Å². The second-order valence-electron chi connectivity index (χ2n) is 5.64. The second kappa shape index (κ2) is 7.01. The minimum Gasteiger partial charge on any atom is -0.340 e. The molecule has 0 unspecified atom stereocenters. The van der Waals surface area contributed by atoms with Crippen molar-refractivity contribution in [1.29, 1.82) is 0 Å². The molecule has 0 fully saturated rings. The predicted molar refractivity (Wildman–Crippen MR) is 103 cm³/mol. The summed E-state index contributed by atoms with van der Waals surface area (Å²) in [5, 5.41) is 3.35. The van der Waals surface area contributed by atoms with Gasteiger partial charge < -0.3 is 10.2 Å². The topological polar surface area (TPSA) is 41.1 Å². The van der Waals surface area contributed by atoms with E-state index in [1.165, 1.54) is 5.56 Å². The monoisotopic (exact) mass is 382 g/mol. The molecule has 5 heteroatoms. The standard InChI is InChI=1S/C19H19BrN4/c1-13-9-10-15(11-17(13)20)23-18-12-19(22-14(2)21-18)24(3)16-7-5-4-6-8-16/h4-12H,1-3H3,(H,21,22,23). The van der Waals surface area contributed by atoms with E-state index in [4.69, 9.17) is 0 Å². The summed E-state index contributed by atoms with van der Waals surface area (Å²) in [6.07, 6.45) is 0. The molecule has 3 aromatic rings. The van der Waals surface area contributed by atoms with Gasteiger partial charge >= 0.3 is 0 Å². The number of aryl methyl sites for hydroxylation is 2. The number of halogens is 1. The summed E-state index contributed by atoms with van der Waals surface area (Å²) in [6, 6.07) is 18.3. The maximum absolute atomic E-state index is 4.55. The first-order valence-corrected chi connectivity index (χ1v) is 8.50. The zero-order valence-electron chi connectivity index (χ0n) is 13.9. The summed E-state index contributed by atoms with van der Waals surface area (Å²) in [4.78, 5) is 11.1. The summed E-state index contributed by atoms with van der Waals surface area (Å²) in [5.74, 6) is 2.35. The van der Waals surface area contributed by atoms with Gasteiger partial charge in [0.05, 0.1) is 0 Å². The maximum Gasteiger partial charge on any atom is 0.138 e. The molecule has 2 aromatic carbocycles. The number of nitrogens with one attached hydrogen (secondary N) is 1. The van der Waals surface area contributed by atoms with E-state index in [1.807, 2.05) is 55.3 Å². The highest BCUT2D eigenvalue weighted by molar-refractivity contribution is 9.10. The Balaban J connectivity index is 1.90. The van der Waals surface area contributed by atoms with Gasteiger partial charge in [-0.3, -0.25) is 0 Å². The van der Waals surface area contributed by atoms with Crippen LogP contribution in [-0.2, 0) is 0 Å². The van der Waals surface area contributed by atoms with Crippen LogP contribution in [0.4, 0.5) is 23.0 Å². The zero-order valence-corrected chi connectivity index (χ0v) is 15.5.